The highest BCUT2D eigenvalue weighted by Gasteiger charge is 2.15. The number of likely N-dealkylation sites (N-methyl/N-ethyl adjacent to an activating group) is 1. The zero-order chi connectivity index (χ0) is 11.5. The smallest absolute Gasteiger partial charge is 0.0397 e. The molecule has 0 bridgehead atoms. The first-order valence-electron chi connectivity index (χ1n) is 5.44. The van der Waals surface area contributed by atoms with Gasteiger partial charge in [0.25, 0.3) is 0 Å². The zero-order valence-electron chi connectivity index (χ0n) is 9.77. The van der Waals surface area contributed by atoms with Gasteiger partial charge in [0.05, 0.1) is 0 Å². The monoisotopic (exact) mass is 215 g/mol. The van der Waals surface area contributed by atoms with Crippen LogP contribution < -0.4 is 10.6 Å². The number of allylic oxidation sites excluding steroid dienone is 1. The number of hydrogen-bond acceptors (Lipinski definition) is 3. The molecule has 0 aliphatic carbocycles. The van der Waals surface area contributed by atoms with Crippen molar-refractivity contribution in [3.8, 4) is 0 Å². The molecule has 0 spiro atoms. The predicted molar refractivity (Wildman–Crippen MR) is 70.0 cm³/mol. The van der Waals surface area contributed by atoms with Crippen LogP contribution in [-0.2, 0) is 6.42 Å². The highest BCUT2D eigenvalue weighted by molar-refractivity contribution is 6.09. The average molecular weight is 215 g/mol. The second kappa shape index (κ2) is 4.39. The van der Waals surface area contributed by atoms with Gasteiger partial charge in [0, 0.05) is 44.3 Å². The van der Waals surface area contributed by atoms with E-state index < -0.39 is 0 Å². The fourth-order valence-electron chi connectivity index (χ4n) is 2.10. The van der Waals surface area contributed by atoms with Gasteiger partial charge in [-0.2, -0.15) is 0 Å². The Labute approximate surface area is 96.3 Å². The van der Waals surface area contributed by atoms with E-state index in [1.54, 1.807) is 19.5 Å². The quantitative estimate of drug-likeness (QED) is 0.763. The maximum atomic E-state index is 5.60. The number of anilines is 1. The van der Waals surface area contributed by atoms with Crippen molar-refractivity contribution in [1.82, 2.24) is 0 Å². The first-order chi connectivity index (χ1) is 7.76. The van der Waals surface area contributed by atoms with Gasteiger partial charge in [-0.25, -0.2) is 0 Å². The molecule has 2 N–H and O–H groups in total. The van der Waals surface area contributed by atoms with Crippen molar-refractivity contribution in [2.75, 3.05) is 25.5 Å². The number of nitrogens with zero attached hydrogens (tertiary/aromatic N) is 2. The molecule has 3 heteroatoms. The van der Waals surface area contributed by atoms with Crippen LogP contribution in [0.5, 0.6) is 0 Å². The third-order valence-electron chi connectivity index (χ3n) is 2.99. The molecule has 84 valence electrons. The summed E-state index contributed by atoms with van der Waals surface area (Å²) >= 11 is 0. The van der Waals surface area contributed by atoms with Gasteiger partial charge in [0.15, 0.2) is 0 Å². The Balaban J connectivity index is 2.39. The Morgan fingerprint density at radius 2 is 2.31 bits per heavy atom. The van der Waals surface area contributed by atoms with Crippen molar-refractivity contribution in [3.05, 3.63) is 35.5 Å². The van der Waals surface area contributed by atoms with Crippen molar-refractivity contribution in [1.29, 1.82) is 0 Å². The molecular formula is C13H17N3. The first-order valence-corrected chi connectivity index (χ1v) is 5.44. The molecule has 1 aliphatic heterocycles. The van der Waals surface area contributed by atoms with E-state index in [-0.39, 0.29) is 0 Å². The number of rotatable bonds is 2. The maximum Gasteiger partial charge on any atom is 0.0397 e. The molecule has 0 fully saturated rings. The lowest BCUT2D eigenvalue weighted by Crippen LogP contribution is -2.12. The summed E-state index contributed by atoms with van der Waals surface area (Å²) < 4.78 is 0. The van der Waals surface area contributed by atoms with E-state index >= 15 is 0 Å². The molecule has 16 heavy (non-hydrogen) atoms. The van der Waals surface area contributed by atoms with Crippen LogP contribution in [0.3, 0.4) is 0 Å². The molecule has 0 radical (unpaired) electrons. The Bertz CT molecular complexity index is 446. The van der Waals surface area contributed by atoms with E-state index in [1.165, 1.54) is 11.3 Å². The van der Waals surface area contributed by atoms with Gasteiger partial charge in [0.1, 0.15) is 0 Å². The van der Waals surface area contributed by atoms with Crippen LogP contribution >= 0.6 is 0 Å². The summed E-state index contributed by atoms with van der Waals surface area (Å²) in [6.07, 6.45) is 4.51. The number of fused-ring (bicyclic) bond motifs is 1. The van der Waals surface area contributed by atoms with E-state index in [2.05, 4.69) is 35.1 Å². The molecular weight excluding hydrogens is 198 g/mol. The molecule has 3 nitrogen and oxygen atoms in total. The van der Waals surface area contributed by atoms with Crippen LogP contribution in [0, 0.1) is 0 Å². The molecule has 1 aromatic rings. The topological polar surface area (TPSA) is 41.6 Å². The summed E-state index contributed by atoms with van der Waals surface area (Å²) in [5.74, 6) is 0. The molecule has 0 unspecified atom stereocenters. The van der Waals surface area contributed by atoms with Crippen LogP contribution in [0.2, 0.25) is 0 Å². The van der Waals surface area contributed by atoms with Crippen molar-refractivity contribution in [2.45, 2.75) is 6.42 Å². The maximum absolute atomic E-state index is 5.60. The highest BCUT2D eigenvalue weighted by Crippen LogP contribution is 2.29. The predicted octanol–water partition coefficient (Wildman–Crippen LogP) is 1.68. The largest absolute Gasteiger partial charge is 0.404 e. The van der Waals surface area contributed by atoms with E-state index in [9.17, 15) is 0 Å². The minimum atomic E-state index is 0.972. The van der Waals surface area contributed by atoms with E-state index in [1.807, 2.05) is 0 Å². The Morgan fingerprint density at radius 1 is 1.50 bits per heavy atom. The van der Waals surface area contributed by atoms with Crippen LogP contribution in [0.4, 0.5) is 5.69 Å². The van der Waals surface area contributed by atoms with Crippen LogP contribution in [0.15, 0.2) is 29.4 Å². The third-order valence-corrected chi connectivity index (χ3v) is 2.99. The van der Waals surface area contributed by atoms with Crippen LogP contribution in [0.1, 0.15) is 11.1 Å². The lowest BCUT2D eigenvalue weighted by Gasteiger charge is -2.12. The first kappa shape index (κ1) is 10.7. The molecule has 0 aromatic heterocycles. The Hall–Kier alpha value is -1.77. The lowest BCUT2D eigenvalue weighted by atomic mass is 10.0. The molecule has 1 heterocycles. The van der Waals surface area contributed by atoms with Gasteiger partial charge in [-0.1, -0.05) is 6.07 Å². The number of hydrogen-bond donors (Lipinski definition) is 1. The minimum absolute atomic E-state index is 0.972. The van der Waals surface area contributed by atoms with Gasteiger partial charge in [-0.15, -0.1) is 0 Å². The SMILES string of the molecule is CN=C/C(=C\N)c1ccc2c(c1)CCN2C. The van der Waals surface area contributed by atoms with E-state index in [4.69, 9.17) is 5.73 Å². The summed E-state index contributed by atoms with van der Waals surface area (Å²) in [5, 5.41) is 0. The van der Waals surface area contributed by atoms with Gasteiger partial charge in [-0.05, 0) is 29.7 Å². The molecule has 0 amide bonds. The van der Waals surface area contributed by atoms with E-state index in [0.29, 0.717) is 0 Å². The van der Waals surface area contributed by atoms with Crippen molar-refractivity contribution < 1.29 is 0 Å². The highest BCUT2D eigenvalue weighted by atomic mass is 15.1. The summed E-state index contributed by atoms with van der Waals surface area (Å²) in [7, 11) is 3.88. The van der Waals surface area contributed by atoms with Gasteiger partial charge in [-0.3, -0.25) is 4.99 Å². The summed E-state index contributed by atoms with van der Waals surface area (Å²) in [6, 6.07) is 6.46. The Morgan fingerprint density at radius 3 is 3.00 bits per heavy atom. The number of benzene rings is 1. The average Bonchev–Trinajstić information content (AvgIpc) is 2.67. The zero-order valence-corrected chi connectivity index (χ0v) is 9.77. The fraction of sp³-hybridized carbons (Fsp3) is 0.308. The minimum Gasteiger partial charge on any atom is -0.404 e. The van der Waals surface area contributed by atoms with Gasteiger partial charge in [0.2, 0.25) is 0 Å². The van der Waals surface area contributed by atoms with E-state index in [0.717, 1.165) is 24.1 Å². The van der Waals surface area contributed by atoms with Crippen LogP contribution in [-0.4, -0.2) is 26.9 Å². The summed E-state index contributed by atoms with van der Waals surface area (Å²) in [4.78, 5) is 6.28. The van der Waals surface area contributed by atoms with Crippen molar-refractivity contribution in [3.63, 3.8) is 0 Å². The number of nitrogens with two attached hydrogens (primary N) is 1. The second-order valence-corrected chi connectivity index (χ2v) is 4.02. The second-order valence-electron chi connectivity index (χ2n) is 4.02. The summed E-state index contributed by atoms with van der Waals surface area (Å²) in [5.41, 5.74) is 10.4. The molecule has 0 saturated heterocycles. The lowest BCUT2D eigenvalue weighted by molar-refractivity contribution is 0.956. The normalized spacial score (nSPS) is 15.9. The number of aliphatic imine (C=N–C) groups is 1. The van der Waals surface area contributed by atoms with Gasteiger partial charge >= 0.3 is 0 Å². The fourth-order valence-corrected chi connectivity index (χ4v) is 2.10. The third kappa shape index (κ3) is 1.81. The molecule has 2 rings (SSSR count). The molecule has 1 aromatic carbocycles. The molecule has 0 saturated carbocycles. The van der Waals surface area contributed by atoms with Crippen molar-refractivity contribution in [2.24, 2.45) is 10.7 Å². The van der Waals surface area contributed by atoms with Crippen LogP contribution in [0.25, 0.3) is 5.57 Å². The van der Waals surface area contributed by atoms with Gasteiger partial charge < -0.3 is 10.6 Å². The molecule has 0 atom stereocenters. The molecule has 1 aliphatic rings. The standard InChI is InChI=1S/C13H17N3/c1-15-9-12(8-14)10-3-4-13-11(7-10)5-6-16(13)2/h3-4,7-9H,5-6,14H2,1-2H3/b12-8+,15-9?. The summed E-state index contributed by atoms with van der Waals surface area (Å²) in [6.45, 7) is 1.10. The van der Waals surface area contributed by atoms with Crippen molar-refractivity contribution >= 4 is 17.5 Å². The Kier molecular flexibility index (Phi) is 2.95.